The molecule has 1 aromatic rings. The van der Waals surface area contributed by atoms with E-state index >= 15 is 0 Å². The number of nitrogens with one attached hydrogen (secondary N) is 1. The summed E-state index contributed by atoms with van der Waals surface area (Å²) in [6, 6.07) is 0. The monoisotopic (exact) mass is 253 g/mol. The molecule has 1 fully saturated rings. The smallest absolute Gasteiger partial charge is 0.243 e. The van der Waals surface area contributed by atoms with E-state index < -0.39 is 0 Å². The molecule has 2 heterocycles. The number of aliphatic hydroxyl groups excluding tert-OH is 1. The van der Waals surface area contributed by atoms with Gasteiger partial charge >= 0.3 is 0 Å². The van der Waals surface area contributed by atoms with Crippen LogP contribution < -0.4 is 21.1 Å². The third-order valence-corrected chi connectivity index (χ3v) is 2.97. The molecular weight excluding hydrogens is 234 g/mol. The van der Waals surface area contributed by atoms with Crippen LogP contribution in [0.15, 0.2) is 0 Å². The van der Waals surface area contributed by atoms with Crippen LogP contribution in [0.5, 0.6) is 0 Å². The third kappa shape index (κ3) is 2.59. The van der Waals surface area contributed by atoms with Crippen molar-refractivity contribution in [3.63, 3.8) is 0 Å². The summed E-state index contributed by atoms with van der Waals surface area (Å²) in [7, 11) is 3.72. The number of nitrogens with two attached hydrogens (primary N) is 1. The maximum atomic E-state index is 9.15. The van der Waals surface area contributed by atoms with E-state index in [1.54, 1.807) is 4.90 Å². The van der Waals surface area contributed by atoms with Gasteiger partial charge in [-0.25, -0.2) is 5.84 Å². The highest BCUT2D eigenvalue weighted by atomic mass is 16.3. The highest BCUT2D eigenvalue weighted by Gasteiger charge is 2.24. The second-order valence-corrected chi connectivity index (χ2v) is 4.58. The van der Waals surface area contributed by atoms with Crippen molar-refractivity contribution in [2.45, 2.75) is 6.42 Å². The molecule has 1 aromatic heterocycles. The van der Waals surface area contributed by atoms with Crippen molar-refractivity contribution in [3.05, 3.63) is 0 Å². The van der Waals surface area contributed by atoms with Gasteiger partial charge in [-0.1, -0.05) is 0 Å². The highest BCUT2D eigenvalue weighted by Crippen LogP contribution is 2.22. The standard InChI is InChI=1S/C10H19N7O/c1-16(2)9-12-8(15-11)13-10(14-9)17-4-3-7(5-17)6-18/h7,18H,3-6,11H2,1-2H3,(H,12,13,14,15). The number of nitrogen functional groups attached to an aromatic ring is 1. The van der Waals surface area contributed by atoms with E-state index in [0.717, 1.165) is 19.5 Å². The minimum Gasteiger partial charge on any atom is -0.396 e. The van der Waals surface area contributed by atoms with E-state index in [2.05, 4.69) is 20.4 Å². The lowest BCUT2D eigenvalue weighted by molar-refractivity contribution is 0.238. The maximum Gasteiger partial charge on any atom is 0.243 e. The Balaban J connectivity index is 2.24. The molecule has 1 atom stereocenters. The zero-order valence-electron chi connectivity index (χ0n) is 10.7. The van der Waals surface area contributed by atoms with Gasteiger partial charge in [-0.05, 0) is 6.42 Å². The van der Waals surface area contributed by atoms with Crippen molar-refractivity contribution in [2.75, 3.05) is 49.0 Å². The predicted molar refractivity (Wildman–Crippen MR) is 69.4 cm³/mol. The number of hydrazine groups is 1. The van der Waals surface area contributed by atoms with Gasteiger partial charge in [0.15, 0.2) is 0 Å². The van der Waals surface area contributed by atoms with E-state index in [4.69, 9.17) is 10.9 Å². The second kappa shape index (κ2) is 5.32. The van der Waals surface area contributed by atoms with Crippen LogP contribution >= 0.6 is 0 Å². The van der Waals surface area contributed by atoms with E-state index in [0.29, 0.717) is 23.8 Å². The zero-order chi connectivity index (χ0) is 13.1. The Kier molecular flexibility index (Phi) is 3.78. The summed E-state index contributed by atoms with van der Waals surface area (Å²) in [5, 5.41) is 9.15. The Bertz CT molecular complexity index is 411. The Labute approximate surface area is 106 Å². The lowest BCUT2D eigenvalue weighted by Gasteiger charge is -2.19. The molecule has 2 rings (SSSR count). The van der Waals surface area contributed by atoms with Crippen molar-refractivity contribution in [3.8, 4) is 0 Å². The number of aliphatic hydroxyl groups is 1. The molecule has 0 aliphatic carbocycles. The molecule has 100 valence electrons. The van der Waals surface area contributed by atoms with Gasteiger partial charge in [0.05, 0.1) is 0 Å². The first-order chi connectivity index (χ1) is 8.63. The van der Waals surface area contributed by atoms with Crippen LogP contribution in [-0.4, -0.2) is 53.9 Å². The normalized spacial score (nSPS) is 19.1. The number of anilines is 3. The Morgan fingerprint density at radius 1 is 1.44 bits per heavy atom. The van der Waals surface area contributed by atoms with Crippen LogP contribution in [-0.2, 0) is 0 Å². The van der Waals surface area contributed by atoms with Crippen LogP contribution in [0.4, 0.5) is 17.8 Å². The molecule has 8 nitrogen and oxygen atoms in total. The van der Waals surface area contributed by atoms with Gasteiger partial charge in [-0.3, -0.25) is 5.43 Å². The minimum absolute atomic E-state index is 0.199. The average molecular weight is 253 g/mol. The van der Waals surface area contributed by atoms with Crippen LogP contribution in [0.2, 0.25) is 0 Å². The van der Waals surface area contributed by atoms with Crippen LogP contribution in [0.3, 0.4) is 0 Å². The molecule has 1 aliphatic rings. The maximum absolute atomic E-state index is 9.15. The van der Waals surface area contributed by atoms with Gasteiger partial charge in [0, 0.05) is 39.7 Å². The fraction of sp³-hybridized carbons (Fsp3) is 0.700. The third-order valence-electron chi connectivity index (χ3n) is 2.97. The number of hydrogen-bond donors (Lipinski definition) is 3. The van der Waals surface area contributed by atoms with Crippen LogP contribution in [0, 0.1) is 5.92 Å². The number of hydrogen-bond acceptors (Lipinski definition) is 8. The SMILES string of the molecule is CN(C)c1nc(NN)nc(N2CCC(CO)C2)n1. The average Bonchev–Trinajstić information content (AvgIpc) is 2.86. The van der Waals surface area contributed by atoms with Crippen LogP contribution in [0.25, 0.3) is 0 Å². The van der Waals surface area contributed by atoms with Gasteiger partial charge in [0.2, 0.25) is 17.8 Å². The predicted octanol–water partition coefficient (Wildman–Crippen LogP) is -0.958. The Morgan fingerprint density at radius 2 is 2.22 bits per heavy atom. The van der Waals surface area contributed by atoms with Gasteiger partial charge in [0.25, 0.3) is 0 Å². The van der Waals surface area contributed by atoms with E-state index in [1.807, 2.05) is 19.0 Å². The van der Waals surface area contributed by atoms with Gasteiger partial charge < -0.3 is 14.9 Å². The molecule has 0 radical (unpaired) electrons. The summed E-state index contributed by atoms with van der Waals surface area (Å²) < 4.78 is 0. The molecule has 1 aliphatic heterocycles. The van der Waals surface area contributed by atoms with Gasteiger partial charge in [0.1, 0.15) is 0 Å². The summed E-state index contributed by atoms with van der Waals surface area (Å²) in [6.45, 7) is 1.80. The first kappa shape index (κ1) is 12.8. The fourth-order valence-electron chi connectivity index (χ4n) is 1.92. The Morgan fingerprint density at radius 3 is 2.78 bits per heavy atom. The molecule has 18 heavy (non-hydrogen) atoms. The Hall–Kier alpha value is -1.67. The molecule has 0 bridgehead atoms. The van der Waals surface area contributed by atoms with Gasteiger partial charge in [-0.2, -0.15) is 15.0 Å². The lowest BCUT2D eigenvalue weighted by atomic mass is 10.1. The quantitative estimate of drug-likeness (QED) is 0.466. The first-order valence-corrected chi connectivity index (χ1v) is 5.90. The highest BCUT2D eigenvalue weighted by molar-refractivity contribution is 5.44. The molecule has 0 aromatic carbocycles. The van der Waals surface area contributed by atoms with Crippen molar-refractivity contribution < 1.29 is 5.11 Å². The summed E-state index contributed by atoms with van der Waals surface area (Å²) in [6.07, 6.45) is 0.949. The fourth-order valence-corrected chi connectivity index (χ4v) is 1.92. The largest absolute Gasteiger partial charge is 0.396 e. The van der Waals surface area contributed by atoms with E-state index in [9.17, 15) is 0 Å². The molecule has 8 heteroatoms. The number of rotatable bonds is 4. The van der Waals surface area contributed by atoms with Crippen LogP contribution in [0.1, 0.15) is 6.42 Å². The van der Waals surface area contributed by atoms with Crippen molar-refractivity contribution >= 4 is 17.8 Å². The first-order valence-electron chi connectivity index (χ1n) is 5.90. The summed E-state index contributed by atoms with van der Waals surface area (Å²) >= 11 is 0. The van der Waals surface area contributed by atoms with Crippen molar-refractivity contribution in [1.82, 2.24) is 15.0 Å². The van der Waals surface area contributed by atoms with Crippen molar-refractivity contribution in [2.24, 2.45) is 11.8 Å². The molecule has 0 spiro atoms. The lowest BCUT2D eigenvalue weighted by Crippen LogP contribution is -2.26. The number of aromatic nitrogens is 3. The van der Waals surface area contributed by atoms with Crippen molar-refractivity contribution in [1.29, 1.82) is 0 Å². The molecule has 0 saturated carbocycles. The molecule has 0 amide bonds. The molecular formula is C10H19N7O. The molecule has 1 unspecified atom stereocenters. The second-order valence-electron chi connectivity index (χ2n) is 4.58. The minimum atomic E-state index is 0.199. The van der Waals surface area contributed by atoms with E-state index in [1.165, 1.54) is 0 Å². The zero-order valence-corrected chi connectivity index (χ0v) is 10.7. The summed E-state index contributed by atoms with van der Waals surface area (Å²) in [5.41, 5.74) is 2.45. The molecule has 1 saturated heterocycles. The number of nitrogens with zero attached hydrogens (tertiary/aromatic N) is 5. The summed E-state index contributed by atoms with van der Waals surface area (Å²) in [5.74, 6) is 7.15. The molecule has 4 N–H and O–H groups in total. The summed E-state index contributed by atoms with van der Waals surface area (Å²) in [4.78, 5) is 16.6. The topological polar surface area (TPSA) is 103 Å². The van der Waals surface area contributed by atoms with E-state index in [-0.39, 0.29) is 6.61 Å². The van der Waals surface area contributed by atoms with Gasteiger partial charge in [-0.15, -0.1) is 0 Å².